The number of hydrogen-bond acceptors (Lipinski definition) is 6. The smallest absolute Gasteiger partial charge is 0.276 e. The Balaban J connectivity index is 1.57. The summed E-state index contributed by atoms with van der Waals surface area (Å²) < 4.78 is 3.42. The molecule has 0 saturated carbocycles. The van der Waals surface area contributed by atoms with Crippen LogP contribution < -0.4 is 10.9 Å². The van der Waals surface area contributed by atoms with Gasteiger partial charge in [0.05, 0.1) is 40.7 Å². The molecule has 1 aliphatic rings. The Morgan fingerprint density at radius 1 is 1.07 bits per heavy atom. The number of fused-ring (bicyclic) bond motifs is 2. The number of nitrogens with zero attached hydrogens (tertiary/aromatic N) is 6. The number of imidazole rings is 1. The third-order valence-corrected chi connectivity index (χ3v) is 5.83. The summed E-state index contributed by atoms with van der Waals surface area (Å²) in [5.41, 5.74) is 4.74. The summed E-state index contributed by atoms with van der Waals surface area (Å²) >= 11 is 0. The molecule has 0 spiro atoms. The van der Waals surface area contributed by atoms with E-state index >= 15 is 0 Å². The Kier molecular flexibility index (Phi) is 4.39. The third kappa shape index (κ3) is 3.17. The van der Waals surface area contributed by atoms with Gasteiger partial charge in [0.15, 0.2) is 5.65 Å². The summed E-state index contributed by atoms with van der Waals surface area (Å²) in [7, 11) is 0. The van der Waals surface area contributed by atoms with Crippen molar-refractivity contribution in [1.29, 1.82) is 0 Å². The fraction of sp³-hybridized carbons (Fsp3) is 0.409. The number of aromatic nitrogens is 6. The molecule has 4 aromatic rings. The van der Waals surface area contributed by atoms with Crippen LogP contribution in [0.1, 0.15) is 44.0 Å². The minimum Gasteiger partial charge on any atom is -0.312 e. The highest BCUT2D eigenvalue weighted by atomic mass is 16.1. The number of rotatable bonds is 2. The van der Waals surface area contributed by atoms with E-state index in [2.05, 4.69) is 34.3 Å². The van der Waals surface area contributed by atoms with Gasteiger partial charge in [-0.25, -0.2) is 19.2 Å². The molecule has 154 valence electrons. The summed E-state index contributed by atoms with van der Waals surface area (Å²) in [5.74, 6) is 0. The first-order valence-electron chi connectivity index (χ1n) is 10.4. The average molecular weight is 403 g/mol. The van der Waals surface area contributed by atoms with Crippen molar-refractivity contribution in [2.45, 2.75) is 58.7 Å². The molecule has 0 aliphatic carbocycles. The summed E-state index contributed by atoms with van der Waals surface area (Å²) in [5, 5.41) is 13.2. The lowest BCUT2D eigenvalue weighted by atomic mass is 9.95. The van der Waals surface area contributed by atoms with E-state index in [1.165, 1.54) is 0 Å². The lowest BCUT2D eigenvalue weighted by Crippen LogP contribution is -2.45. The van der Waals surface area contributed by atoms with Gasteiger partial charge in [-0.3, -0.25) is 4.79 Å². The predicted octanol–water partition coefficient (Wildman–Crippen LogP) is 2.82. The van der Waals surface area contributed by atoms with Crippen LogP contribution in [0.2, 0.25) is 0 Å². The van der Waals surface area contributed by atoms with E-state index in [1.807, 2.05) is 38.2 Å². The number of piperidine rings is 1. The number of nitrogens with one attached hydrogen (secondary N) is 1. The molecule has 0 radical (unpaired) electrons. The molecule has 30 heavy (non-hydrogen) atoms. The lowest BCUT2D eigenvalue weighted by Gasteiger charge is -2.33. The SMILES string of the molecule is Cc1cn2nc(-c3ccc4c(=O)n([C@H]5C[C@@H](C)N[C@@H](C)C5)ncc4n3)cc(C)c2n1. The van der Waals surface area contributed by atoms with Gasteiger partial charge >= 0.3 is 0 Å². The van der Waals surface area contributed by atoms with Crippen molar-refractivity contribution < 1.29 is 0 Å². The number of aryl methyl sites for hydroxylation is 2. The van der Waals surface area contributed by atoms with Crippen molar-refractivity contribution in [3.05, 3.63) is 52.2 Å². The van der Waals surface area contributed by atoms with Crippen LogP contribution in [-0.2, 0) is 0 Å². The largest absolute Gasteiger partial charge is 0.312 e. The summed E-state index contributed by atoms with van der Waals surface area (Å²) in [6, 6.07) is 6.50. The van der Waals surface area contributed by atoms with Crippen LogP contribution >= 0.6 is 0 Å². The molecular formula is C22H25N7O. The predicted molar refractivity (Wildman–Crippen MR) is 116 cm³/mol. The normalized spacial score (nSPS) is 22.1. The van der Waals surface area contributed by atoms with Crippen LogP contribution in [0.15, 0.2) is 35.4 Å². The molecule has 1 fully saturated rings. The van der Waals surface area contributed by atoms with Crippen molar-refractivity contribution in [3.63, 3.8) is 0 Å². The highest BCUT2D eigenvalue weighted by Gasteiger charge is 2.26. The van der Waals surface area contributed by atoms with Crippen molar-refractivity contribution >= 4 is 16.6 Å². The van der Waals surface area contributed by atoms with E-state index in [9.17, 15) is 4.79 Å². The summed E-state index contributed by atoms with van der Waals surface area (Å²) in [6.45, 7) is 8.25. The molecule has 1 N–H and O–H groups in total. The van der Waals surface area contributed by atoms with Crippen LogP contribution in [0.25, 0.3) is 27.9 Å². The molecule has 3 atom stereocenters. The monoisotopic (exact) mass is 403 g/mol. The quantitative estimate of drug-likeness (QED) is 0.554. The number of pyridine rings is 1. The molecule has 5 heterocycles. The molecule has 0 unspecified atom stereocenters. The van der Waals surface area contributed by atoms with E-state index in [0.29, 0.717) is 28.7 Å². The van der Waals surface area contributed by atoms with Gasteiger partial charge < -0.3 is 5.32 Å². The van der Waals surface area contributed by atoms with Crippen LogP contribution in [0.5, 0.6) is 0 Å². The second kappa shape index (κ2) is 6.98. The van der Waals surface area contributed by atoms with Gasteiger partial charge in [0.25, 0.3) is 5.56 Å². The van der Waals surface area contributed by atoms with Gasteiger partial charge in [-0.15, -0.1) is 0 Å². The Hall–Kier alpha value is -3.13. The second-order valence-corrected chi connectivity index (χ2v) is 8.48. The molecule has 0 aromatic carbocycles. The highest BCUT2D eigenvalue weighted by Crippen LogP contribution is 2.24. The van der Waals surface area contributed by atoms with E-state index in [-0.39, 0.29) is 11.6 Å². The molecule has 8 heteroatoms. The third-order valence-electron chi connectivity index (χ3n) is 5.83. The molecule has 0 bridgehead atoms. The first kappa shape index (κ1) is 18.9. The maximum atomic E-state index is 13.1. The Morgan fingerprint density at radius 3 is 2.60 bits per heavy atom. The van der Waals surface area contributed by atoms with Crippen LogP contribution in [-0.4, -0.2) is 41.4 Å². The topological polar surface area (TPSA) is 90.0 Å². The first-order valence-corrected chi connectivity index (χ1v) is 10.4. The van der Waals surface area contributed by atoms with Gasteiger partial charge in [-0.1, -0.05) is 0 Å². The van der Waals surface area contributed by atoms with E-state index in [1.54, 1.807) is 15.4 Å². The van der Waals surface area contributed by atoms with Crippen molar-refractivity contribution in [2.24, 2.45) is 0 Å². The zero-order chi connectivity index (χ0) is 21.0. The molecule has 4 aromatic heterocycles. The molecule has 1 aliphatic heterocycles. The van der Waals surface area contributed by atoms with Crippen molar-refractivity contribution in [2.75, 3.05) is 0 Å². The van der Waals surface area contributed by atoms with Gasteiger partial charge in [0.1, 0.15) is 5.69 Å². The van der Waals surface area contributed by atoms with Crippen molar-refractivity contribution in [3.8, 4) is 11.4 Å². The minimum absolute atomic E-state index is 0.0809. The fourth-order valence-electron chi connectivity index (χ4n) is 4.55. The zero-order valence-electron chi connectivity index (χ0n) is 17.6. The first-order chi connectivity index (χ1) is 14.4. The molecule has 8 nitrogen and oxygen atoms in total. The van der Waals surface area contributed by atoms with Crippen LogP contribution in [0.3, 0.4) is 0 Å². The van der Waals surface area contributed by atoms with E-state index in [4.69, 9.17) is 4.98 Å². The van der Waals surface area contributed by atoms with Gasteiger partial charge in [-0.2, -0.15) is 10.2 Å². The maximum absolute atomic E-state index is 13.1. The zero-order valence-corrected chi connectivity index (χ0v) is 17.6. The van der Waals surface area contributed by atoms with Gasteiger partial charge in [0.2, 0.25) is 0 Å². The Labute approximate surface area is 174 Å². The molecule has 5 rings (SSSR count). The van der Waals surface area contributed by atoms with E-state index < -0.39 is 0 Å². The second-order valence-electron chi connectivity index (χ2n) is 8.48. The average Bonchev–Trinajstić information content (AvgIpc) is 3.08. The van der Waals surface area contributed by atoms with Gasteiger partial charge in [-0.05, 0) is 64.3 Å². The molecule has 1 saturated heterocycles. The minimum atomic E-state index is -0.0809. The van der Waals surface area contributed by atoms with E-state index in [0.717, 1.165) is 35.4 Å². The lowest BCUT2D eigenvalue weighted by molar-refractivity contribution is 0.244. The Morgan fingerprint density at radius 2 is 1.83 bits per heavy atom. The highest BCUT2D eigenvalue weighted by molar-refractivity contribution is 5.79. The van der Waals surface area contributed by atoms with Crippen LogP contribution in [0.4, 0.5) is 0 Å². The van der Waals surface area contributed by atoms with Crippen LogP contribution in [0, 0.1) is 13.8 Å². The summed E-state index contributed by atoms with van der Waals surface area (Å²) in [6.07, 6.45) is 5.38. The standard InChI is InChI=1S/C22H25N7O/c1-12-7-19(27-28-11-15(4)25-21(12)28)18-6-5-17-20(26-18)10-23-29(22(17)30)16-8-13(2)24-14(3)9-16/h5-7,10-11,13-14,16,24H,8-9H2,1-4H3/t13-,14+,16+. The summed E-state index contributed by atoms with van der Waals surface area (Å²) in [4.78, 5) is 22.3. The molecular weight excluding hydrogens is 378 g/mol. The molecule has 0 amide bonds. The Bertz CT molecular complexity index is 1310. The maximum Gasteiger partial charge on any atom is 0.276 e. The number of hydrogen-bond donors (Lipinski definition) is 1. The van der Waals surface area contributed by atoms with Crippen molar-refractivity contribution in [1.82, 2.24) is 34.7 Å². The van der Waals surface area contributed by atoms with Gasteiger partial charge in [0, 0.05) is 12.1 Å². The fourth-order valence-corrected chi connectivity index (χ4v) is 4.55.